The molecule has 0 aromatic heterocycles. The fraction of sp³-hybridized carbons (Fsp3) is 0.636. The summed E-state index contributed by atoms with van der Waals surface area (Å²) in [6.45, 7) is 3.89. The lowest BCUT2D eigenvalue weighted by atomic mass is 9.81. The monoisotopic (exact) mass is 641 g/mol. The van der Waals surface area contributed by atoms with E-state index >= 15 is 0 Å². The van der Waals surface area contributed by atoms with Gasteiger partial charge in [-0.25, -0.2) is 9.59 Å². The molecule has 3 unspecified atom stereocenters. The van der Waals surface area contributed by atoms with E-state index in [-0.39, 0.29) is 18.4 Å². The van der Waals surface area contributed by atoms with Crippen molar-refractivity contribution in [1.82, 2.24) is 20.9 Å². The van der Waals surface area contributed by atoms with Crippen molar-refractivity contribution in [2.24, 2.45) is 17.6 Å². The fourth-order valence-corrected chi connectivity index (χ4v) is 6.29. The minimum atomic E-state index is -1.24. The second kappa shape index (κ2) is 15.4. The van der Waals surface area contributed by atoms with E-state index in [2.05, 4.69) is 16.0 Å². The summed E-state index contributed by atoms with van der Waals surface area (Å²) in [6.07, 6.45) is 6.29. The number of carbonyl (C=O) groups excluding carboxylic acids is 6. The summed E-state index contributed by atoms with van der Waals surface area (Å²) in [6, 6.07) is 3.59. The van der Waals surface area contributed by atoms with Gasteiger partial charge in [-0.05, 0) is 61.6 Å². The third kappa shape index (κ3) is 8.76. The van der Waals surface area contributed by atoms with Crippen molar-refractivity contribution in [3.05, 3.63) is 29.8 Å². The van der Waals surface area contributed by atoms with Crippen LogP contribution in [0, 0.1) is 11.8 Å². The normalized spacial score (nSPS) is 20.3. The lowest BCUT2D eigenvalue weighted by molar-refractivity contribution is -0.154. The fourth-order valence-electron chi connectivity index (χ4n) is 6.29. The average molecular weight is 642 g/mol. The number of Topliss-reactive ketones (excluding diaryl/α,β-unsaturated/α-hetero) is 1. The third-order valence-corrected chi connectivity index (χ3v) is 9.18. The molecule has 2 aliphatic carbocycles. The Hall–Kier alpha value is -4.16. The minimum absolute atomic E-state index is 0.0337. The molecular formula is C33H47N5O8. The lowest BCUT2D eigenvalue weighted by Gasteiger charge is -2.37. The zero-order valence-electron chi connectivity index (χ0n) is 27.0. The molecule has 1 aromatic rings. The molecule has 2 saturated carbocycles. The number of ether oxygens (including phenoxy) is 2. The van der Waals surface area contributed by atoms with Crippen LogP contribution in [-0.4, -0.2) is 77.7 Å². The van der Waals surface area contributed by atoms with Crippen LogP contribution in [0.15, 0.2) is 24.3 Å². The predicted octanol–water partition coefficient (Wildman–Crippen LogP) is 2.10. The zero-order valence-corrected chi connectivity index (χ0v) is 27.0. The number of nitrogens with two attached hydrogens (primary N) is 1. The highest BCUT2D eigenvalue weighted by molar-refractivity contribution is 6.37. The first-order chi connectivity index (χ1) is 21.9. The number of nitrogens with zero attached hydrogens (tertiary/aromatic N) is 1. The molecule has 0 radical (unpaired) electrons. The molecule has 3 atom stereocenters. The van der Waals surface area contributed by atoms with Crippen LogP contribution in [0.4, 0.5) is 4.79 Å². The molecule has 4 rings (SSSR count). The van der Waals surface area contributed by atoms with Gasteiger partial charge >= 0.3 is 12.0 Å². The van der Waals surface area contributed by atoms with Crippen molar-refractivity contribution in [1.29, 1.82) is 0 Å². The van der Waals surface area contributed by atoms with Crippen LogP contribution in [0.5, 0.6) is 5.75 Å². The predicted molar refractivity (Wildman–Crippen MR) is 167 cm³/mol. The van der Waals surface area contributed by atoms with E-state index in [9.17, 15) is 28.8 Å². The van der Waals surface area contributed by atoms with Gasteiger partial charge in [0.2, 0.25) is 17.6 Å². The molecule has 1 aromatic carbocycles. The Balaban J connectivity index is 1.40. The Bertz CT molecular complexity index is 1290. The van der Waals surface area contributed by atoms with E-state index in [0.717, 1.165) is 37.7 Å². The molecule has 1 aliphatic heterocycles. The number of benzene rings is 1. The van der Waals surface area contributed by atoms with Gasteiger partial charge in [0.05, 0.1) is 13.2 Å². The minimum Gasteiger partial charge on any atom is -0.497 e. The smallest absolute Gasteiger partial charge is 0.332 e. The van der Waals surface area contributed by atoms with Gasteiger partial charge in [-0.3, -0.25) is 19.2 Å². The first-order valence-electron chi connectivity index (χ1n) is 16.3. The van der Waals surface area contributed by atoms with Crippen molar-refractivity contribution in [3.8, 4) is 5.75 Å². The van der Waals surface area contributed by atoms with Crippen molar-refractivity contribution < 1.29 is 38.2 Å². The number of likely N-dealkylation sites (tertiary alicyclic amines) is 1. The largest absolute Gasteiger partial charge is 0.497 e. The number of rotatable bonds is 14. The molecule has 5 amide bonds. The second-order valence-corrected chi connectivity index (χ2v) is 13.0. The number of carbonyl (C=O) groups is 6. The van der Waals surface area contributed by atoms with Gasteiger partial charge in [-0.2, -0.15) is 0 Å². The quantitative estimate of drug-likeness (QED) is 0.176. The molecule has 0 bridgehead atoms. The van der Waals surface area contributed by atoms with E-state index in [1.807, 2.05) is 0 Å². The van der Waals surface area contributed by atoms with Crippen molar-refractivity contribution in [3.63, 3.8) is 0 Å². The highest BCUT2D eigenvalue weighted by Gasteiger charge is 2.44. The molecule has 0 spiro atoms. The molecule has 1 saturated heterocycles. The second-order valence-electron chi connectivity index (χ2n) is 13.0. The zero-order chi connectivity index (χ0) is 33.4. The van der Waals surface area contributed by atoms with Gasteiger partial charge in [0, 0.05) is 6.54 Å². The summed E-state index contributed by atoms with van der Waals surface area (Å²) in [7, 11) is 1.57. The first kappa shape index (κ1) is 34.7. The van der Waals surface area contributed by atoms with Crippen LogP contribution in [0.1, 0.15) is 83.6 Å². The molecular weight excluding hydrogens is 594 g/mol. The molecule has 46 heavy (non-hydrogen) atoms. The lowest BCUT2D eigenvalue weighted by Crippen LogP contribution is -2.62. The van der Waals surface area contributed by atoms with Gasteiger partial charge in [0.1, 0.15) is 30.0 Å². The Labute approximate surface area is 269 Å². The molecule has 1 heterocycles. The average Bonchev–Trinajstić information content (AvgIpc) is 3.72. The molecule has 3 fully saturated rings. The van der Waals surface area contributed by atoms with E-state index in [0.29, 0.717) is 44.4 Å². The number of nitrogens with one attached hydrogen (secondary N) is 3. The van der Waals surface area contributed by atoms with Crippen LogP contribution in [0.25, 0.3) is 0 Å². The summed E-state index contributed by atoms with van der Waals surface area (Å²) >= 11 is 0. The summed E-state index contributed by atoms with van der Waals surface area (Å²) in [5.74, 6) is -2.88. The Morgan fingerprint density at radius 2 is 1.63 bits per heavy atom. The summed E-state index contributed by atoms with van der Waals surface area (Å²) < 4.78 is 10.8. The van der Waals surface area contributed by atoms with Gasteiger partial charge in [0.25, 0.3) is 5.91 Å². The summed E-state index contributed by atoms with van der Waals surface area (Å²) in [4.78, 5) is 79.4. The summed E-state index contributed by atoms with van der Waals surface area (Å²) in [5, 5.41) is 8.28. The first-order valence-corrected chi connectivity index (χ1v) is 16.3. The van der Waals surface area contributed by atoms with E-state index in [4.69, 9.17) is 15.2 Å². The number of ketones is 1. The summed E-state index contributed by atoms with van der Waals surface area (Å²) in [5.41, 5.74) is 4.76. The number of esters is 1. The number of methoxy groups -OCH3 is 1. The van der Waals surface area contributed by atoms with Crippen LogP contribution in [0.2, 0.25) is 0 Å². The van der Waals surface area contributed by atoms with Gasteiger partial charge in [-0.1, -0.05) is 58.1 Å². The van der Waals surface area contributed by atoms with E-state index in [1.165, 1.54) is 4.90 Å². The van der Waals surface area contributed by atoms with Crippen LogP contribution >= 0.6 is 0 Å². The standard InChI is InChI=1S/C33H47N5O8/c1-20(2)26(30(42)38-17-7-8-25(38)29(41)35-24(18-21-9-10-21)27(39)28(34)40)36-32(44)37-33(15-5-4-6-16-33)31(43)46-19-22-11-13-23(45-3)14-12-22/h11-14,20-21,24-26H,4-10,15-19H2,1-3H3,(H2,34,40)(H,35,41)(H2,36,37,44). The van der Waals surface area contributed by atoms with Gasteiger partial charge in [-0.15, -0.1) is 0 Å². The van der Waals surface area contributed by atoms with Crippen LogP contribution in [0.3, 0.4) is 0 Å². The van der Waals surface area contributed by atoms with Crippen molar-refractivity contribution in [2.45, 2.75) is 108 Å². The van der Waals surface area contributed by atoms with E-state index in [1.54, 1.807) is 45.2 Å². The number of primary amides is 1. The van der Waals surface area contributed by atoms with Crippen LogP contribution in [-0.2, 0) is 35.3 Å². The molecule has 13 heteroatoms. The highest BCUT2D eigenvalue weighted by Crippen LogP contribution is 2.34. The van der Waals surface area contributed by atoms with Crippen LogP contribution < -0.4 is 26.4 Å². The third-order valence-electron chi connectivity index (χ3n) is 9.18. The maximum absolute atomic E-state index is 13.8. The molecule has 3 aliphatic rings. The Kier molecular flexibility index (Phi) is 11.6. The molecule has 252 valence electrons. The van der Waals surface area contributed by atoms with E-state index < -0.39 is 59.2 Å². The SMILES string of the molecule is COc1ccc(COC(=O)C2(NC(=O)NC(C(=O)N3CCCC3C(=O)NC(CC3CC3)C(=O)C(N)=O)C(C)C)CCCCC2)cc1. The number of hydrogen-bond donors (Lipinski definition) is 4. The maximum atomic E-state index is 13.8. The van der Waals surface area contributed by atoms with Crippen molar-refractivity contribution >= 4 is 35.5 Å². The van der Waals surface area contributed by atoms with Gasteiger partial charge in [0.15, 0.2) is 0 Å². The number of amides is 5. The molecule has 5 N–H and O–H groups in total. The highest BCUT2D eigenvalue weighted by atomic mass is 16.5. The maximum Gasteiger partial charge on any atom is 0.332 e. The molecule has 13 nitrogen and oxygen atoms in total. The number of urea groups is 1. The Morgan fingerprint density at radius 1 is 0.957 bits per heavy atom. The number of hydrogen-bond acceptors (Lipinski definition) is 8. The van der Waals surface area contributed by atoms with Gasteiger partial charge < -0.3 is 36.1 Å². The topological polar surface area (TPSA) is 186 Å². The Morgan fingerprint density at radius 3 is 2.22 bits per heavy atom. The van der Waals surface area contributed by atoms with Crippen molar-refractivity contribution in [2.75, 3.05) is 13.7 Å².